The lowest BCUT2D eigenvalue weighted by Gasteiger charge is -2.12. The van der Waals surface area contributed by atoms with E-state index in [1.54, 1.807) is 12.3 Å². The first-order chi connectivity index (χ1) is 8.75. The molecule has 3 aromatic rings. The first kappa shape index (κ1) is 10.6. The van der Waals surface area contributed by atoms with Crippen LogP contribution in [0.5, 0.6) is 0 Å². The molecular formula is C12H12N4O2. The van der Waals surface area contributed by atoms with Crippen molar-refractivity contribution in [3.8, 4) is 0 Å². The van der Waals surface area contributed by atoms with Crippen molar-refractivity contribution in [1.82, 2.24) is 10.3 Å². The van der Waals surface area contributed by atoms with Crippen LogP contribution in [0.3, 0.4) is 0 Å². The maximum absolute atomic E-state index is 5.79. The summed E-state index contributed by atoms with van der Waals surface area (Å²) in [7, 11) is 0. The molecule has 0 saturated carbocycles. The third kappa shape index (κ3) is 1.67. The van der Waals surface area contributed by atoms with Crippen LogP contribution < -0.4 is 11.1 Å². The van der Waals surface area contributed by atoms with E-state index in [4.69, 9.17) is 14.8 Å². The molecule has 0 radical (unpaired) electrons. The van der Waals surface area contributed by atoms with E-state index < -0.39 is 0 Å². The van der Waals surface area contributed by atoms with E-state index in [9.17, 15) is 0 Å². The zero-order chi connectivity index (χ0) is 12.5. The average molecular weight is 244 g/mol. The van der Waals surface area contributed by atoms with Gasteiger partial charge in [0.2, 0.25) is 0 Å². The molecule has 6 heteroatoms. The standard InChI is InChI=1S/C12H12N4O2/c1-7(10-3-2-6-17-10)14-9-5-4-8(13)11-12(9)16-18-15-11/h2-7,14H,13H2,1H3. The van der Waals surface area contributed by atoms with Crippen molar-refractivity contribution in [2.45, 2.75) is 13.0 Å². The Morgan fingerprint density at radius 1 is 1.22 bits per heavy atom. The Morgan fingerprint density at radius 3 is 2.83 bits per heavy atom. The van der Waals surface area contributed by atoms with E-state index in [0.29, 0.717) is 16.7 Å². The lowest BCUT2D eigenvalue weighted by atomic mass is 10.2. The largest absolute Gasteiger partial charge is 0.467 e. The molecular weight excluding hydrogens is 232 g/mol. The summed E-state index contributed by atoms with van der Waals surface area (Å²) in [5.41, 5.74) is 8.32. The number of fused-ring (bicyclic) bond motifs is 1. The van der Waals surface area contributed by atoms with Gasteiger partial charge >= 0.3 is 0 Å². The Morgan fingerprint density at radius 2 is 2.06 bits per heavy atom. The number of nitrogens with zero attached hydrogens (tertiary/aromatic N) is 2. The molecule has 3 N–H and O–H groups in total. The molecule has 0 aliphatic rings. The minimum Gasteiger partial charge on any atom is -0.467 e. The highest BCUT2D eigenvalue weighted by Gasteiger charge is 2.13. The number of benzene rings is 1. The second-order valence-corrected chi connectivity index (χ2v) is 4.05. The normalized spacial score (nSPS) is 12.7. The zero-order valence-corrected chi connectivity index (χ0v) is 9.75. The van der Waals surface area contributed by atoms with Gasteiger partial charge in [0.05, 0.1) is 23.7 Å². The van der Waals surface area contributed by atoms with Gasteiger partial charge in [0.25, 0.3) is 0 Å². The summed E-state index contributed by atoms with van der Waals surface area (Å²) in [5, 5.41) is 10.9. The van der Waals surface area contributed by atoms with Crippen LogP contribution in [0.1, 0.15) is 18.7 Å². The van der Waals surface area contributed by atoms with Gasteiger partial charge in [0.15, 0.2) is 11.0 Å². The number of aromatic nitrogens is 2. The lowest BCUT2D eigenvalue weighted by Crippen LogP contribution is -2.06. The van der Waals surface area contributed by atoms with Gasteiger partial charge in [0.1, 0.15) is 5.76 Å². The van der Waals surface area contributed by atoms with Gasteiger partial charge in [-0.05, 0) is 41.5 Å². The van der Waals surface area contributed by atoms with Crippen molar-refractivity contribution in [1.29, 1.82) is 0 Å². The number of anilines is 2. The van der Waals surface area contributed by atoms with Crippen LogP contribution in [0.2, 0.25) is 0 Å². The lowest BCUT2D eigenvalue weighted by molar-refractivity contribution is 0.315. The average Bonchev–Trinajstić information content (AvgIpc) is 3.01. The van der Waals surface area contributed by atoms with Gasteiger partial charge in [-0.15, -0.1) is 0 Å². The fraction of sp³-hybridized carbons (Fsp3) is 0.167. The van der Waals surface area contributed by atoms with E-state index in [2.05, 4.69) is 15.6 Å². The second-order valence-electron chi connectivity index (χ2n) is 4.05. The molecule has 1 unspecified atom stereocenters. The minimum atomic E-state index is 0.0172. The van der Waals surface area contributed by atoms with Gasteiger partial charge in [-0.2, -0.15) is 0 Å². The fourth-order valence-corrected chi connectivity index (χ4v) is 1.84. The van der Waals surface area contributed by atoms with E-state index in [0.717, 1.165) is 11.4 Å². The third-order valence-electron chi connectivity index (χ3n) is 2.79. The number of rotatable bonds is 3. The molecule has 2 aromatic heterocycles. The zero-order valence-electron chi connectivity index (χ0n) is 9.75. The van der Waals surface area contributed by atoms with Crippen LogP contribution in [-0.4, -0.2) is 10.3 Å². The van der Waals surface area contributed by atoms with Crippen molar-refractivity contribution >= 4 is 22.4 Å². The van der Waals surface area contributed by atoms with Gasteiger partial charge < -0.3 is 15.5 Å². The highest BCUT2D eigenvalue weighted by atomic mass is 16.6. The number of nitrogen functional groups attached to an aromatic ring is 1. The Labute approximate surface area is 103 Å². The van der Waals surface area contributed by atoms with Crippen LogP contribution >= 0.6 is 0 Å². The number of nitrogens with two attached hydrogens (primary N) is 1. The highest BCUT2D eigenvalue weighted by Crippen LogP contribution is 2.28. The molecule has 0 aliphatic carbocycles. The smallest absolute Gasteiger partial charge is 0.160 e. The van der Waals surface area contributed by atoms with E-state index in [1.807, 2.05) is 25.1 Å². The van der Waals surface area contributed by atoms with Crippen molar-refractivity contribution in [3.63, 3.8) is 0 Å². The third-order valence-corrected chi connectivity index (χ3v) is 2.79. The summed E-state index contributed by atoms with van der Waals surface area (Å²) < 4.78 is 10.1. The molecule has 3 rings (SSSR count). The Kier molecular flexibility index (Phi) is 2.40. The Hall–Kier alpha value is -2.50. The maximum Gasteiger partial charge on any atom is 0.160 e. The Balaban J connectivity index is 1.96. The molecule has 2 heterocycles. The molecule has 0 fully saturated rings. The topological polar surface area (TPSA) is 90.1 Å². The van der Waals surface area contributed by atoms with Crippen LogP contribution in [0, 0.1) is 0 Å². The molecule has 6 nitrogen and oxygen atoms in total. The molecule has 1 aromatic carbocycles. The van der Waals surface area contributed by atoms with E-state index in [-0.39, 0.29) is 6.04 Å². The molecule has 0 amide bonds. The number of nitrogens with one attached hydrogen (secondary N) is 1. The number of furan rings is 1. The maximum atomic E-state index is 5.79. The highest BCUT2D eigenvalue weighted by molar-refractivity contribution is 5.95. The van der Waals surface area contributed by atoms with Crippen molar-refractivity contribution in [2.24, 2.45) is 0 Å². The molecule has 18 heavy (non-hydrogen) atoms. The summed E-state index contributed by atoms with van der Waals surface area (Å²) in [6, 6.07) is 7.39. The van der Waals surface area contributed by atoms with Crippen molar-refractivity contribution in [3.05, 3.63) is 36.3 Å². The minimum absolute atomic E-state index is 0.0172. The SMILES string of the molecule is CC(Nc1ccc(N)c2nonc12)c1ccco1. The molecule has 0 spiro atoms. The predicted molar refractivity (Wildman–Crippen MR) is 67.0 cm³/mol. The van der Waals surface area contributed by atoms with Crippen LogP contribution in [0.25, 0.3) is 11.0 Å². The van der Waals surface area contributed by atoms with E-state index >= 15 is 0 Å². The molecule has 0 saturated heterocycles. The Bertz CT molecular complexity index is 660. The summed E-state index contributed by atoms with van der Waals surface area (Å²) in [6.45, 7) is 1.99. The predicted octanol–water partition coefficient (Wildman–Crippen LogP) is 2.57. The molecule has 0 aliphatic heterocycles. The summed E-state index contributed by atoms with van der Waals surface area (Å²) in [6.07, 6.45) is 1.64. The molecule has 92 valence electrons. The van der Waals surface area contributed by atoms with Gasteiger partial charge in [-0.3, -0.25) is 0 Å². The van der Waals surface area contributed by atoms with Gasteiger partial charge in [0, 0.05) is 0 Å². The van der Waals surface area contributed by atoms with Crippen molar-refractivity contribution in [2.75, 3.05) is 11.1 Å². The van der Waals surface area contributed by atoms with Gasteiger partial charge in [-0.1, -0.05) is 0 Å². The molecule has 0 bridgehead atoms. The summed E-state index contributed by atoms with van der Waals surface area (Å²) in [5.74, 6) is 0.844. The van der Waals surface area contributed by atoms with Gasteiger partial charge in [-0.25, -0.2) is 4.63 Å². The summed E-state index contributed by atoms with van der Waals surface area (Å²) >= 11 is 0. The second kappa shape index (κ2) is 4.06. The van der Waals surface area contributed by atoms with E-state index in [1.165, 1.54) is 0 Å². The van der Waals surface area contributed by atoms with Crippen LogP contribution in [-0.2, 0) is 0 Å². The van der Waals surface area contributed by atoms with Crippen molar-refractivity contribution < 1.29 is 9.05 Å². The van der Waals surface area contributed by atoms with Crippen LogP contribution in [0.15, 0.2) is 39.6 Å². The quantitative estimate of drug-likeness (QED) is 0.688. The summed E-state index contributed by atoms with van der Waals surface area (Å²) in [4.78, 5) is 0. The first-order valence-corrected chi connectivity index (χ1v) is 5.56. The van der Waals surface area contributed by atoms with Crippen LogP contribution in [0.4, 0.5) is 11.4 Å². The monoisotopic (exact) mass is 244 g/mol. The first-order valence-electron chi connectivity index (χ1n) is 5.56. The molecule has 1 atom stereocenters. The number of hydrogen-bond acceptors (Lipinski definition) is 6. The fourth-order valence-electron chi connectivity index (χ4n) is 1.84. The number of hydrogen-bond donors (Lipinski definition) is 2.